The van der Waals surface area contributed by atoms with E-state index in [-0.39, 0.29) is 11.8 Å². The van der Waals surface area contributed by atoms with Crippen LogP contribution in [0.3, 0.4) is 0 Å². The molecule has 0 bridgehead atoms. The molecule has 1 amide bonds. The van der Waals surface area contributed by atoms with Gasteiger partial charge in [-0.05, 0) is 49.6 Å². The first-order valence-electron chi connectivity index (χ1n) is 9.97. The summed E-state index contributed by atoms with van der Waals surface area (Å²) in [6.45, 7) is 1.82. The van der Waals surface area contributed by atoms with E-state index in [1.165, 1.54) is 17.8 Å². The number of amides is 1. The zero-order valence-electron chi connectivity index (χ0n) is 16.6. The average molecular weight is 429 g/mol. The zero-order chi connectivity index (χ0) is 21.3. The molecule has 1 aromatic carbocycles. The van der Waals surface area contributed by atoms with Crippen molar-refractivity contribution in [1.82, 2.24) is 10.3 Å². The summed E-state index contributed by atoms with van der Waals surface area (Å²) < 4.78 is 26.7. The van der Waals surface area contributed by atoms with Gasteiger partial charge in [0.05, 0.1) is 11.1 Å². The van der Waals surface area contributed by atoms with Crippen molar-refractivity contribution in [1.29, 1.82) is 5.26 Å². The summed E-state index contributed by atoms with van der Waals surface area (Å²) in [6.07, 6.45) is 4.82. The molecule has 1 atom stereocenters. The van der Waals surface area contributed by atoms with Crippen molar-refractivity contribution >= 4 is 23.4 Å². The summed E-state index contributed by atoms with van der Waals surface area (Å²) in [5, 5.41) is 13.1. The Morgan fingerprint density at radius 3 is 2.77 bits per heavy atom. The minimum absolute atomic E-state index is 0.192. The molecule has 0 radical (unpaired) electrons. The molecule has 2 aliphatic rings. The minimum Gasteiger partial charge on any atom is -0.371 e. The molecule has 2 heterocycles. The third-order valence-electron chi connectivity index (χ3n) is 5.66. The highest BCUT2D eigenvalue weighted by Gasteiger charge is 2.29. The van der Waals surface area contributed by atoms with Gasteiger partial charge in [-0.15, -0.1) is 11.8 Å². The number of thioether (sulfide) groups is 1. The van der Waals surface area contributed by atoms with Crippen LogP contribution in [0.5, 0.6) is 0 Å². The third kappa shape index (κ3) is 4.26. The molecule has 0 spiro atoms. The maximum Gasteiger partial charge on any atom is 0.252 e. The van der Waals surface area contributed by atoms with Gasteiger partial charge in [-0.25, -0.2) is 13.8 Å². The van der Waals surface area contributed by atoms with Crippen LogP contribution in [0.2, 0.25) is 0 Å². The summed E-state index contributed by atoms with van der Waals surface area (Å²) in [6, 6.07) is 7.79. The highest BCUT2D eigenvalue weighted by atomic mass is 32.2. The fourth-order valence-corrected chi connectivity index (χ4v) is 4.37. The van der Waals surface area contributed by atoms with Crippen molar-refractivity contribution in [3.05, 3.63) is 52.7 Å². The summed E-state index contributed by atoms with van der Waals surface area (Å²) >= 11 is 1.38. The number of nitrogens with zero attached hydrogens (tertiary/aromatic N) is 3. The number of carbonyl (C=O) groups is 1. The first kappa shape index (κ1) is 20.6. The van der Waals surface area contributed by atoms with E-state index in [0.717, 1.165) is 31.0 Å². The maximum absolute atomic E-state index is 13.5. The molecule has 1 N–H and O–H groups in total. The highest BCUT2D eigenvalue weighted by Crippen LogP contribution is 2.40. The van der Waals surface area contributed by atoms with Crippen LogP contribution in [0, 0.1) is 28.9 Å². The normalized spacial score (nSPS) is 18.3. The summed E-state index contributed by atoms with van der Waals surface area (Å²) in [4.78, 5) is 19.4. The molecule has 5 nitrogen and oxygen atoms in total. The van der Waals surface area contributed by atoms with Crippen LogP contribution in [0.4, 0.5) is 14.5 Å². The molecule has 1 aliphatic heterocycles. The first-order chi connectivity index (χ1) is 14.5. The van der Waals surface area contributed by atoms with Crippen molar-refractivity contribution < 1.29 is 13.6 Å². The number of pyridine rings is 1. The van der Waals surface area contributed by atoms with E-state index >= 15 is 0 Å². The van der Waals surface area contributed by atoms with Gasteiger partial charge in [0.2, 0.25) is 0 Å². The van der Waals surface area contributed by atoms with Gasteiger partial charge in [0.15, 0.2) is 11.6 Å². The molecule has 1 saturated carbocycles. The minimum atomic E-state index is -0.859. The van der Waals surface area contributed by atoms with E-state index in [0.29, 0.717) is 47.4 Å². The Bertz CT molecular complexity index is 1020. The number of carbonyl (C=O) groups excluding carboxylic acids is 1. The number of aromatic nitrogens is 1. The molecule has 2 aromatic rings. The lowest BCUT2D eigenvalue weighted by Crippen LogP contribution is -2.31. The predicted octanol–water partition coefficient (Wildman–Crippen LogP) is 4.09. The molecule has 30 heavy (non-hydrogen) atoms. The van der Waals surface area contributed by atoms with Crippen LogP contribution in [0.25, 0.3) is 0 Å². The van der Waals surface area contributed by atoms with Crippen LogP contribution in [0.1, 0.15) is 46.8 Å². The van der Waals surface area contributed by atoms with E-state index in [1.807, 2.05) is 11.2 Å². The molecule has 1 aromatic heterocycles. The molecular weight excluding hydrogens is 406 g/mol. The number of benzene rings is 1. The number of nitrogens with one attached hydrogen (secondary N) is 1. The van der Waals surface area contributed by atoms with Crippen molar-refractivity contribution in [2.75, 3.05) is 30.8 Å². The fraction of sp³-hybridized carbons (Fsp3) is 0.409. The Kier molecular flexibility index (Phi) is 5.91. The lowest BCUT2D eigenvalue weighted by Gasteiger charge is -2.19. The molecule has 1 unspecified atom stereocenters. The monoisotopic (exact) mass is 428 g/mol. The Hall–Kier alpha value is -2.66. The fourth-order valence-electron chi connectivity index (χ4n) is 3.81. The quantitative estimate of drug-likeness (QED) is 0.702. The largest absolute Gasteiger partial charge is 0.371 e. The van der Waals surface area contributed by atoms with E-state index < -0.39 is 11.6 Å². The van der Waals surface area contributed by atoms with Gasteiger partial charge in [-0.1, -0.05) is 0 Å². The van der Waals surface area contributed by atoms with Crippen molar-refractivity contribution in [3.63, 3.8) is 0 Å². The maximum atomic E-state index is 13.5. The van der Waals surface area contributed by atoms with Crippen LogP contribution < -0.4 is 10.2 Å². The lowest BCUT2D eigenvalue weighted by molar-refractivity contribution is 0.0947. The van der Waals surface area contributed by atoms with E-state index in [2.05, 4.69) is 16.4 Å². The second-order valence-electron chi connectivity index (χ2n) is 7.77. The molecule has 1 aliphatic carbocycles. The van der Waals surface area contributed by atoms with Crippen LogP contribution >= 0.6 is 11.8 Å². The Morgan fingerprint density at radius 1 is 1.30 bits per heavy atom. The van der Waals surface area contributed by atoms with E-state index in [9.17, 15) is 18.8 Å². The average Bonchev–Trinajstić information content (AvgIpc) is 3.50. The van der Waals surface area contributed by atoms with Gasteiger partial charge < -0.3 is 10.2 Å². The molecule has 2 fully saturated rings. The topological polar surface area (TPSA) is 69.0 Å². The standard InChI is InChI=1S/C22H22F2N4OS/c1-30-22-17(10-25)16(9-20(27-22)14-2-3-14)21(29)26-11-13-6-7-28(12-13)15-4-5-18(23)19(24)8-15/h4-5,8-9,13-14H,2-3,6-7,11-12H2,1H3,(H,26,29). The van der Waals surface area contributed by atoms with Gasteiger partial charge in [-0.2, -0.15) is 5.26 Å². The van der Waals surface area contributed by atoms with Crippen molar-refractivity contribution in [2.24, 2.45) is 5.92 Å². The lowest BCUT2D eigenvalue weighted by atomic mass is 10.1. The second-order valence-corrected chi connectivity index (χ2v) is 8.57. The van der Waals surface area contributed by atoms with Crippen LogP contribution in [-0.2, 0) is 0 Å². The highest BCUT2D eigenvalue weighted by molar-refractivity contribution is 7.98. The van der Waals surface area contributed by atoms with Gasteiger partial charge in [-0.3, -0.25) is 4.79 Å². The van der Waals surface area contributed by atoms with Crippen molar-refractivity contribution in [3.8, 4) is 6.07 Å². The van der Waals surface area contributed by atoms with Gasteiger partial charge in [0, 0.05) is 43.0 Å². The number of nitriles is 1. The molecular formula is C22H22F2N4OS. The van der Waals surface area contributed by atoms with Gasteiger partial charge in [0.1, 0.15) is 11.1 Å². The summed E-state index contributed by atoms with van der Waals surface area (Å²) in [5.74, 6) is -1.41. The molecule has 4 rings (SSSR count). The number of anilines is 1. The number of hydrogen-bond acceptors (Lipinski definition) is 5. The predicted molar refractivity (Wildman–Crippen MR) is 112 cm³/mol. The molecule has 156 valence electrons. The second kappa shape index (κ2) is 8.60. The Morgan fingerprint density at radius 2 is 2.10 bits per heavy atom. The number of halogens is 2. The Balaban J connectivity index is 1.42. The van der Waals surface area contributed by atoms with Crippen molar-refractivity contribution in [2.45, 2.75) is 30.2 Å². The SMILES string of the molecule is CSc1nc(C2CC2)cc(C(=O)NCC2CCN(c3ccc(F)c(F)c3)C2)c1C#N. The number of hydrogen-bond donors (Lipinski definition) is 1. The smallest absolute Gasteiger partial charge is 0.252 e. The van der Waals surface area contributed by atoms with Gasteiger partial charge in [0.25, 0.3) is 5.91 Å². The van der Waals surface area contributed by atoms with Crippen LogP contribution in [-0.4, -0.2) is 36.8 Å². The summed E-state index contributed by atoms with van der Waals surface area (Å²) in [7, 11) is 0. The summed E-state index contributed by atoms with van der Waals surface area (Å²) in [5.41, 5.74) is 2.23. The van der Waals surface area contributed by atoms with E-state index in [1.54, 1.807) is 12.1 Å². The molecule has 8 heteroatoms. The van der Waals surface area contributed by atoms with E-state index in [4.69, 9.17) is 0 Å². The third-order valence-corrected chi connectivity index (χ3v) is 6.34. The van der Waals surface area contributed by atoms with Gasteiger partial charge >= 0.3 is 0 Å². The Labute approximate surface area is 178 Å². The van der Waals surface area contributed by atoms with Crippen LogP contribution in [0.15, 0.2) is 29.3 Å². The molecule has 1 saturated heterocycles. The zero-order valence-corrected chi connectivity index (χ0v) is 17.4. The first-order valence-corrected chi connectivity index (χ1v) is 11.2. The number of rotatable bonds is 6.